The Hall–Kier alpha value is -3.87. The molecule has 0 atom stereocenters. The molecule has 0 unspecified atom stereocenters. The predicted molar refractivity (Wildman–Crippen MR) is 102 cm³/mol. The molecule has 28 heavy (non-hydrogen) atoms. The summed E-state index contributed by atoms with van der Waals surface area (Å²) in [4.78, 5) is 25.3. The van der Waals surface area contributed by atoms with Crippen LogP contribution < -0.4 is 0 Å². The third-order valence-corrected chi connectivity index (χ3v) is 4.21. The van der Waals surface area contributed by atoms with Crippen molar-refractivity contribution in [2.24, 2.45) is 0 Å². The predicted octanol–water partition coefficient (Wildman–Crippen LogP) is 3.22. The fourth-order valence-corrected chi connectivity index (χ4v) is 2.92. The molecule has 7 heteroatoms. The number of ketones is 1. The van der Waals surface area contributed by atoms with Gasteiger partial charge in [-0.15, -0.1) is 5.10 Å². The summed E-state index contributed by atoms with van der Waals surface area (Å²) in [6.45, 7) is 1.92. The van der Waals surface area contributed by atoms with E-state index in [9.17, 15) is 9.59 Å². The van der Waals surface area contributed by atoms with Crippen molar-refractivity contribution in [2.45, 2.75) is 6.92 Å². The minimum atomic E-state index is -0.600. The first-order valence-corrected chi connectivity index (χ1v) is 8.76. The first-order valence-electron chi connectivity index (χ1n) is 8.76. The fraction of sp³-hybridized carbons (Fsp3) is 0.0952. The van der Waals surface area contributed by atoms with Crippen LogP contribution in [0.15, 0.2) is 66.9 Å². The van der Waals surface area contributed by atoms with Crippen molar-refractivity contribution in [1.29, 1.82) is 0 Å². The van der Waals surface area contributed by atoms with Crippen molar-refractivity contribution in [3.05, 3.63) is 83.8 Å². The van der Waals surface area contributed by atoms with Gasteiger partial charge in [-0.25, -0.2) is 9.48 Å². The Labute approximate surface area is 160 Å². The summed E-state index contributed by atoms with van der Waals surface area (Å²) in [5.41, 5.74) is 0.725. The van der Waals surface area contributed by atoms with Crippen LogP contribution in [-0.4, -0.2) is 38.3 Å². The van der Waals surface area contributed by atoms with Crippen LogP contribution in [0.5, 0.6) is 0 Å². The van der Waals surface area contributed by atoms with Crippen LogP contribution in [0, 0.1) is 0 Å². The van der Waals surface area contributed by atoms with E-state index in [1.807, 2.05) is 30.3 Å². The lowest BCUT2D eigenvalue weighted by Crippen LogP contribution is -2.12. The Bertz CT molecular complexity index is 1160. The monoisotopic (exact) mass is 372 g/mol. The molecule has 0 aliphatic heterocycles. The highest BCUT2D eigenvalue weighted by Gasteiger charge is 2.23. The Morgan fingerprint density at radius 3 is 2.57 bits per heavy atom. The van der Waals surface area contributed by atoms with Gasteiger partial charge in [-0.2, -0.15) is 10.2 Å². The molecule has 0 aliphatic rings. The number of fused-ring (bicyclic) bond motifs is 1. The Morgan fingerprint density at radius 1 is 1.04 bits per heavy atom. The molecule has 2 heterocycles. The lowest BCUT2D eigenvalue weighted by atomic mass is 10.1. The highest BCUT2D eigenvalue weighted by molar-refractivity contribution is 6.09. The molecule has 0 bridgehead atoms. The van der Waals surface area contributed by atoms with Gasteiger partial charge in [0.2, 0.25) is 5.78 Å². The van der Waals surface area contributed by atoms with E-state index in [-0.39, 0.29) is 23.8 Å². The highest BCUT2D eigenvalue weighted by Crippen LogP contribution is 2.22. The standard InChI is InChI=1S/C21H16N4O3/c1-2-28-21(27)17-12-18(19(26)14-8-4-3-5-9-14)25(24-17)20-16-11-7-6-10-15(16)13-22-23-20/h3-13H,2H2,1H3. The Kier molecular flexibility index (Phi) is 4.63. The lowest BCUT2D eigenvalue weighted by molar-refractivity contribution is 0.0519. The van der Waals surface area contributed by atoms with Gasteiger partial charge in [0, 0.05) is 22.4 Å². The number of hydrogen-bond acceptors (Lipinski definition) is 6. The van der Waals surface area contributed by atoms with Crippen molar-refractivity contribution in [3.8, 4) is 5.82 Å². The van der Waals surface area contributed by atoms with E-state index < -0.39 is 5.97 Å². The molecule has 0 fully saturated rings. The van der Waals surface area contributed by atoms with E-state index in [0.717, 1.165) is 10.8 Å². The first-order chi connectivity index (χ1) is 13.7. The second-order valence-electron chi connectivity index (χ2n) is 6.00. The van der Waals surface area contributed by atoms with E-state index in [1.54, 1.807) is 37.4 Å². The molecule has 4 rings (SSSR count). The van der Waals surface area contributed by atoms with Crippen LogP contribution in [0.3, 0.4) is 0 Å². The van der Waals surface area contributed by atoms with Gasteiger partial charge >= 0.3 is 5.97 Å². The zero-order valence-corrected chi connectivity index (χ0v) is 15.1. The van der Waals surface area contributed by atoms with Crippen molar-refractivity contribution in [2.75, 3.05) is 6.61 Å². The molecule has 4 aromatic rings. The van der Waals surface area contributed by atoms with Gasteiger partial charge in [0.25, 0.3) is 0 Å². The molecule has 0 aliphatic carbocycles. The fourth-order valence-electron chi connectivity index (χ4n) is 2.92. The van der Waals surface area contributed by atoms with E-state index >= 15 is 0 Å². The summed E-state index contributed by atoms with van der Waals surface area (Å²) in [6, 6.07) is 17.7. The van der Waals surface area contributed by atoms with Gasteiger partial charge in [-0.1, -0.05) is 54.6 Å². The Morgan fingerprint density at radius 2 is 1.79 bits per heavy atom. The molecule has 138 valence electrons. The van der Waals surface area contributed by atoms with Crippen molar-refractivity contribution in [1.82, 2.24) is 20.0 Å². The first kappa shape index (κ1) is 17.5. The number of esters is 1. The molecule has 0 saturated carbocycles. The van der Waals surface area contributed by atoms with Crippen molar-refractivity contribution < 1.29 is 14.3 Å². The molecular weight excluding hydrogens is 356 g/mol. The summed E-state index contributed by atoms with van der Waals surface area (Å²) < 4.78 is 6.40. The summed E-state index contributed by atoms with van der Waals surface area (Å²) in [5, 5.41) is 14.1. The molecule has 2 aromatic carbocycles. The molecule has 7 nitrogen and oxygen atoms in total. The van der Waals surface area contributed by atoms with Crippen LogP contribution in [0.2, 0.25) is 0 Å². The zero-order valence-electron chi connectivity index (χ0n) is 15.1. The minimum absolute atomic E-state index is 0.0378. The SMILES string of the molecule is CCOC(=O)c1cc(C(=O)c2ccccc2)n(-c2nncc3ccccc23)n1. The Balaban J connectivity index is 1.92. The van der Waals surface area contributed by atoms with Gasteiger partial charge in [-0.3, -0.25) is 4.79 Å². The number of benzene rings is 2. The highest BCUT2D eigenvalue weighted by atomic mass is 16.5. The third-order valence-electron chi connectivity index (χ3n) is 4.21. The third kappa shape index (κ3) is 3.14. The number of ether oxygens (including phenoxy) is 1. The number of hydrogen-bond donors (Lipinski definition) is 0. The lowest BCUT2D eigenvalue weighted by Gasteiger charge is -2.08. The van der Waals surface area contributed by atoms with Gasteiger partial charge < -0.3 is 4.74 Å². The molecular formula is C21H16N4O3. The molecule has 2 aromatic heterocycles. The largest absolute Gasteiger partial charge is 0.461 e. The second kappa shape index (κ2) is 7.40. The maximum atomic E-state index is 13.1. The summed E-state index contributed by atoms with van der Waals surface area (Å²) in [6.07, 6.45) is 1.63. The van der Waals surface area contributed by atoms with Crippen LogP contribution in [0.1, 0.15) is 33.5 Å². The van der Waals surface area contributed by atoms with Crippen LogP contribution >= 0.6 is 0 Å². The maximum absolute atomic E-state index is 13.1. The number of carbonyl (C=O) groups excluding carboxylic acids is 2. The van der Waals surface area contributed by atoms with E-state index in [4.69, 9.17) is 4.74 Å². The average molecular weight is 372 g/mol. The van der Waals surface area contributed by atoms with Crippen molar-refractivity contribution in [3.63, 3.8) is 0 Å². The van der Waals surface area contributed by atoms with Gasteiger partial charge in [0.05, 0.1) is 12.8 Å². The summed E-state index contributed by atoms with van der Waals surface area (Å²) in [5.74, 6) is -0.511. The van der Waals surface area contributed by atoms with Crippen LogP contribution in [0.4, 0.5) is 0 Å². The van der Waals surface area contributed by atoms with Gasteiger partial charge in [0.15, 0.2) is 11.5 Å². The quantitative estimate of drug-likeness (QED) is 0.395. The zero-order chi connectivity index (χ0) is 19.5. The van der Waals surface area contributed by atoms with Gasteiger partial charge in [-0.05, 0) is 6.92 Å². The molecule has 0 N–H and O–H groups in total. The van der Waals surface area contributed by atoms with Crippen LogP contribution in [-0.2, 0) is 4.74 Å². The minimum Gasteiger partial charge on any atom is -0.461 e. The number of aromatic nitrogens is 4. The molecule has 0 spiro atoms. The maximum Gasteiger partial charge on any atom is 0.358 e. The average Bonchev–Trinajstić information content (AvgIpc) is 3.19. The second-order valence-corrected chi connectivity index (χ2v) is 6.00. The molecule has 0 amide bonds. The smallest absolute Gasteiger partial charge is 0.358 e. The number of carbonyl (C=O) groups is 2. The van der Waals surface area contributed by atoms with E-state index in [2.05, 4.69) is 15.3 Å². The number of rotatable bonds is 5. The normalized spacial score (nSPS) is 10.8. The molecule has 0 saturated heterocycles. The summed E-state index contributed by atoms with van der Waals surface area (Å²) in [7, 11) is 0. The number of nitrogens with zero attached hydrogens (tertiary/aromatic N) is 4. The van der Waals surface area contributed by atoms with Gasteiger partial charge in [0.1, 0.15) is 5.69 Å². The topological polar surface area (TPSA) is 87.0 Å². The van der Waals surface area contributed by atoms with E-state index in [1.165, 1.54) is 10.7 Å². The van der Waals surface area contributed by atoms with Crippen LogP contribution in [0.25, 0.3) is 16.6 Å². The molecule has 0 radical (unpaired) electrons. The summed E-state index contributed by atoms with van der Waals surface area (Å²) >= 11 is 0. The van der Waals surface area contributed by atoms with Crippen molar-refractivity contribution >= 4 is 22.5 Å². The van der Waals surface area contributed by atoms with E-state index in [0.29, 0.717) is 11.4 Å².